The second-order valence-electron chi connectivity index (χ2n) is 9.51. The molecule has 5 rings (SSSR count). The summed E-state index contributed by atoms with van der Waals surface area (Å²) in [6.45, 7) is 2.88. The number of halogens is 3. The van der Waals surface area contributed by atoms with Gasteiger partial charge in [-0.1, -0.05) is 63.4 Å². The van der Waals surface area contributed by atoms with Crippen LogP contribution in [0.2, 0.25) is 10.0 Å². The molecule has 1 unspecified atom stereocenters. The van der Waals surface area contributed by atoms with Crippen LogP contribution < -0.4 is 15.4 Å². The normalized spacial score (nSPS) is 20.1. The Balaban J connectivity index is 0.000000417. The minimum atomic E-state index is -1.52. The standard InChI is InChI=1S/C22H20BrClN2O5.C6H5Cl/c1-21(2,20(29)30)31-16-6-3-11(23)9-13(16)18-22(8-7-17(27)26-18)14-5-4-12(24)10-15(14)25-19(22)28;7-6-4-2-1-3-5-6/h3-6,9-10,18H,7-8H2,1-2H3,(H,25,28)(H,26,27)(H,29,30);1-5H/t18-,22?;/m1./s1. The van der Waals surface area contributed by atoms with Crippen molar-refractivity contribution in [3.05, 3.63) is 92.4 Å². The van der Waals surface area contributed by atoms with Gasteiger partial charge in [0.1, 0.15) is 11.2 Å². The smallest absolute Gasteiger partial charge is 0.347 e. The van der Waals surface area contributed by atoms with E-state index in [4.69, 9.17) is 27.9 Å². The summed E-state index contributed by atoms with van der Waals surface area (Å²) < 4.78 is 6.56. The van der Waals surface area contributed by atoms with Crippen LogP contribution in [0.5, 0.6) is 5.75 Å². The summed E-state index contributed by atoms with van der Waals surface area (Å²) >= 11 is 15.1. The van der Waals surface area contributed by atoms with Gasteiger partial charge in [0.25, 0.3) is 0 Å². The molecule has 0 radical (unpaired) electrons. The molecule has 1 saturated heterocycles. The second kappa shape index (κ2) is 11.0. The number of carbonyl (C=O) groups is 3. The van der Waals surface area contributed by atoms with E-state index in [-0.39, 0.29) is 30.4 Å². The van der Waals surface area contributed by atoms with Gasteiger partial charge in [0.05, 0.1) is 6.04 Å². The van der Waals surface area contributed by atoms with E-state index in [9.17, 15) is 19.5 Å². The highest BCUT2D eigenvalue weighted by Crippen LogP contribution is 2.53. The molecule has 7 nitrogen and oxygen atoms in total. The minimum Gasteiger partial charge on any atom is -0.478 e. The predicted octanol–water partition coefficient (Wildman–Crippen LogP) is 6.53. The van der Waals surface area contributed by atoms with Gasteiger partial charge in [-0.25, -0.2) is 4.79 Å². The largest absolute Gasteiger partial charge is 0.478 e. The Labute approximate surface area is 238 Å². The molecule has 0 aliphatic carbocycles. The average molecular weight is 620 g/mol. The molecule has 0 aromatic heterocycles. The first-order valence-electron chi connectivity index (χ1n) is 11.8. The van der Waals surface area contributed by atoms with Crippen molar-refractivity contribution in [2.75, 3.05) is 5.32 Å². The number of carbonyl (C=O) groups excluding carboxylic acids is 2. The van der Waals surface area contributed by atoms with E-state index in [0.717, 1.165) is 10.6 Å². The number of anilines is 1. The number of piperidine rings is 1. The molecule has 2 heterocycles. The van der Waals surface area contributed by atoms with E-state index in [1.54, 1.807) is 36.4 Å². The van der Waals surface area contributed by atoms with Crippen LogP contribution in [-0.2, 0) is 19.8 Å². The number of fused-ring (bicyclic) bond motifs is 2. The number of rotatable bonds is 4. The molecule has 198 valence electrons. The Bertz CT molecular complexity index is 1400. The third-order valence-corrected chi connectivity index (χ3v) is 7.54. The summed E-state index contributed by atoms with van der Waals surface area (Å²) in [7, 11) is 0. The van der Waals surface area contributed by atoms with Gasteiger partial charge in [-0.2, -0.15) is 0 Å². The van der Waals surface area contributed by atoms with E-state index in [1.807, 2.05) is 30.3 Å². The SMILES string of the molecule is CC(C)(Oc1ccc(Br)cc1[C@H]1NC(=O)CCC12C(=O)Nc1cc(Cl)ccc12)C(=O)O.Clc1ccccc1. The van der Waals surface area contributed by atoms with Gasteiger partial charge in [-0.3, -0.25) is 9.59 Å². The summed E-state index contributed by atoms with van der Waals surface area (Å²) in [4.78, 5) is 37.4. The molecule has 3 aromatic rings. The molecule has 3 N–H and O–H groups in total. The molecule has 2 amide bonds. The summed E-state index contributed by atoms with van der Waals surface area (Å²) in [5, 5.41) is 16.7. The Kier molecular flexibility index (Phi) is 8.06. The highest BCUT2D eigenvalue weighted by atomic mass is 79.9. The van der Waals surface area contributed by atoms with Crippen LogP contribution in [0.1, 0.15) is 43.9 Å². The van der Waals surface area contributed by atoms with Gasteiger partial charge < -0.3 is 20.5 Å². The number of nitrogens with one attached hydrogen (secondary N) is 2. The molecule has 3 aromatic carbocycles. The molecule has 2 aliphatic rings. The molecule has 1 spiro atoms. The van der Waals surface area contributed by atoms with Crippen molar-refractivity contribution < 1.29 is 24.2 Å². The fourth-order valence-electron chi connectivity index (χ4n) is 4.63. The third-order valence-electron chi connectivity index (χ3n) is 6.56. The van der Waals surface area contributed by atoms with E-state index < -0.39 is 23.0 Å². The molecule has 0 bridgehead atoms. The highest BCUT2D eigenvalue weighted by molar-refractivity contribution is 9.10. The fraction of sp³-hybridized carbons (Fsp3) is 0.250. The first-order valence-corrected chi connectivity index (χ1v) is 13.3. The maximum atomic E-state index is 13.3. The van der Waals surface area contributed by atoms with Crippen LogP contribution in [-0.4, -0.2) is 28.5 Å². The van der Waals surface area contributed by atoms with Crippen LogP contribution in [0.3, 0.4) is 0 Å². The second-order valence-corrected chi connectivity index (χ2v) is 11.3. The summed E-state index contributed by atoms with van der Waals surface area (Å²) in [5.41, 5.74) is -0.760. The molecule has 2 aliphatic heterocycles. The van der Waals surface area contributed by atoms with Crippen molar-refractivity contribution >= 4 is 62.6 Å². The molecular weight excluding hydrogens is 595 g/mol. The number of carboxylic acids is 1. The van der Waals surface area contributed by atoms with Crippen LogP contribution in [0.15, 0.2) is 71.2 Å². The van der Waals surface area contributed by atoms with Crippen molar-refractivity contribution in [3.8, 4) is 5.75 Å². The quantitative estimate of drug-likeness (QED) is 0.308. The lowest BCUT2D eigenvalue weighted by atomic mass is 9.67. The van der Waals surface area contributed by atoms with Crippen molar-refractivity contribution in [3.63, 3.8) is 0 Å². The Morgan fingerprint density at radius 2 is 1.76 bits per heavy atom. The first-order chi connectivity index (χ1) is 17.9. The number of hydrogen-bond acceptors (Lipinski definition) is 4. The number of aliphatic carboxylic acids is 1. The molecule has 2 atom stereocenters. The zero-order valence-electron chi connectivity index (χ0n) is 20.6. The Morgan fingerprint density at radius 3 is 2.39 bits per heavy atom. The van der Waals surface area contributed by atoms with Crippen molar-refractivity contribution in [2.24, 2.45) is 0 Å². The number of ether oxygens (including phenoxy) is 1. The zero-order chi connectivity index (χ0) is 27.7. The van der Waals surface area contributed by atoms with Crippen molar-refractivity contribution in [1.29, 1.82) is 0 Å². The number of carboxylic acid groups (broad SMARTS) is 1. The molecule has 10 heteroatoms. The summed E-state index contributed by atoms with van der Waals surface area (Å²) in [5.74, 6) is -1.31. The van der Waals surface area contributed by atoms with E-state index in [0.29, 0.717) is 20.7 Å². The van der Waals surface area contributed by atoms with Gasteiger partial charge in [-0.05, 0) is 68.3 Å². The Morgan fingerprint density at radius 1 is 1.05 bits per heavy atom. The average Bonchev–Trinajstić information content (AvgIpc) is 3.13. The number of amides is 2. The van der Waals surface area contributed by atoms with Crippen molar-refractivity contribution in [2.45, 2.75) is 43.7 Å². The van der Waals surface area contributed by atoms with E-state index in [2.05, 4.69) is 26.6 Å². The van der Waals surface area contributed by atoms with Crippen LogP contribution in [0, 0.1) is 0 Å². The lowest BCUT2D eigenvalue weighted by Crippen LogP contribution is -2.52. The summed E-state index contributed by atoms with van der Waals surface area (Å²) in [6.07, 6.45) is 0.467. The van der Waals surface area contributed by atoms with Crippen LogP contribution in [0.4, 0.5) is 5.69 Å². The molecular formula is C28H25BrCl2N2O5. The van der Waals surface area contributed by atoms with Gasteiger partial charge in [0, 0.05) is 32.2 Å². The first kappa shape index (κ1) is 28.0. The van der Waals surface area contributed by atoms with Gasteiger partial charge in [0.2, 0.25) is 11.8 Å². The zero-order valence-corrected chi connectivity index (χ0v) is 23.7. The fourth-order valence-corrected chi connectivity index (χ4v) is 5.32. The van der Waals surface area contributed by atoms with E-state index >= 15 is 0 Å². The van der Waals surface area contributed by atoms with Gasteiger partial charge in [-0.15, -0.1) is 0 Å². The minimum absolute atomic E-state index is 0.177. The number of hydrogen-bond donors (Lipinski definition) is 3. The lowest BCUT2D eigenvalue weighted by Gasteiger charge is -2.41. The van der Waals surface area contributed by atoms with Gasteiger partial charge in [0.15, 0.2) is 5.60 Å². The van der Waals surface area contributed by atoms with Crippen LogP contribution >= 0.6 is 39.1 Å². The third kappa shape index (κ3) is 5.53. The molecule has 38 heavy (non-hydrogen) atoms. The van der Waals surface area contributed by atoms with E-state index in [1.165, 1.54) is 13.8 Å². The topological polar surface area (TPSA) is 105 Å². The lowest BCUT2D eigenvalue weighted by molar-refractivity contribution is -0.152. The maximum Gasteiger partial charge on any atom is 0.347 e. The van der Waals surface area contributed by atoms with Crippen molar-refractivity contribution in [1.82, 2.24) is 5.32 Å². The van der Waals surface area contributed by atoms with Crippen LogP contribution in [0.25, 0.3) is 0 Å². The molecule has 0 saturated carbocycles. The van der Waals surface area contributed by atoms with Gasteiger partial charge >= 0.3 is 5.97 Å². The predicted molar refractivity (Wildman–Crippen MR) is 150 cm³/mol. The monoisotopic (exact) mass is 618 g/mol. The summed E-state index contributed by atoms with van der Waals surface area (Å²) in [6, 6.07) is 19.0. The Hall–Kier alpha value is -3.07. The highest BCUT2D eigenvalue weighted by Gasteiger charge is 2.56. The molecule has 1 fully saturated rings. The maximum absolute atomic E-state index is 13.3. The number of benzene rings is 3.